The summed E-state index contributed by atoms with van der Waals surface area (Å²) in [7, 11) is 0. The zero-order valence-electron chi connectivity index (χ0n) is 10.6. The lowest BCUT2D eigenvalue weighted by atomic mass is 9.98. The molecule has 90 valence electrons. The van der Waals surface area contributed by atoms with Crippen LogP contribution < -0.4 is 5.32 Å². The monoisotopic (exact) mass is 213 g/mol. The van der Waals surface area contributed by atoms with Crippen molar-refractivity contribution in [3.05, 3.63) is 0 Å². The van der Waals surface area contributed by atoms with E-state index in [2.05, 4.69) is 26.1 Å². The second kappa shape index (κ2) is 7.24. The van der Waals surface area contributed by atoms with Gasteiger partial charge in [0.1, 0.15) is 0 Å². The third-order valence-corrected chi connectivity index (χ3v) is 3.20. The highest BCUT2D eigenvalue weighted by Crippen LogP contribution is 2.20. The van der Waals surface area contributed by atoms with Gasteiger partial charge >= 0.3 is 0 Å². The Morgan fingerprint density at radius 2 is 2.07 bits per heavy atom. The highest BCUT2D eigenvalue weighted by Gasteiger charge is 2.16. The molecule has 2 unspecified atom stereocenters. The Morgan fingerprint density at radius 3 is 2.67 bits per heavy atom. The van der Waals surface area contributed by atoms with Crippen molar-refractivity contribution in [1.82, 2.24) is 5.32 Å². The molecule has 2 nitrogen and oxygen atoms in total. The van der Waals surface area contributed by atoms with Gasteiger partial charge in [-0.2, -0.15) is 0 Å². The van der Waals surface area contributed by atoms with E-state index < -0.39 is 0 Å². The molecule has 0 radical (unpaired) electrons. The molecule has 0 aromatic carbocycles. The molecule has 0 amide bonds. The van der Waals surface area contributed by atoms with Gasteiger partial charge in [-0.1, -0.05) is 20.8 Å². The van der Waals surface area contributed by atoms with Gasteiger partial charge in [0.15, 0.2) is 0 Å². The quantitative estimate of drug-likeness (QED) is 0.702. The predicted molar refractivity (Wildman–Crippen MR) is 65.1 cm³/mol. The summed E-state index contributed by atoms with van der Waals surface area (Å²) in [5.74, 6) is 0.834. The van der Waals surface area contributed by atoms with E-state index >= 15 is 0 Å². The summed E-state index contributed by atoms with van der Waals surface area (Å²) >= 11 is 0. The summed E-state index contributed by atoms with van der Waals surface area (Å²) in [6.45, 7) is 8.92. The highest BCUT2D eigenvalue weighted by molar-refractivity contribution is 4.67. The van der Waals surface area contributed by atoms with Crippen molar-refractivity contribution in [2.45, 2.75) is 65.0 Å². The summed E-state index contributed by atoms with van der Waals surface area (Å²) in [6.07, 6.45) is 7.02. The summed E-state index contributed by atoms with van der Waals surface area (Å²) in [4.78, 5) is 0. The first-order chi connectivity index (χ1) is 7.18. The molecular weight excluding hydrogens is 186 g/mol. The molecule has 1 aliphatic rings. The molecule has 1 fully saturated rings. The molecule has 2 atom stereocenters. The predicted octanol–water partition coefficient (Wildman–Crippen LogP) is 2.97. The van der Waals surface area contributed by atoms with E-state index in [1.807, 2.05) is 0 Å². The van der Waals surface area contributed by atoms with E-state index in [9.17, 15) is 0 Å². The minimum atomic E-state index is 0.575. The molecule has 0 saturated carbocycles. The van der Waals surface area contributed by atoms with Crippen LogP contribution in [-0.2, 0) is 4.74 Å². The third-order valence-electron chi connectivity index (χ3n) is 3.20. The van der Waals surface area contributed by atoms with Crippen LogP contribution in [0.1, 0.15) is 52.9 Å². The maximum Gasteiger partial charge on any atom is 0.0576 e. The van der Waals surface area contributed by atoms with E-state index in [-0.39, 0.29) is 0 Å². The highest BCUT2D eigenvalue weighted by atomic mass is 16.5. The zero-order valence-corrected chi connectivity index (χ0v) is 10.6. The van der Waals surface area contributed by atoms with E-state index in [1.54, 1.807) is 0 Å². The van der Waals surface area contributed by atoms with Crippen LogP contribution in [0.2, 0.25) is 0 Å². The van der Waals surface area contributed by atoms with Crippen LogP contribution in [0.25, 0.3) is 0 Å². The fourth-order valence-electron chi connectivity index (χ4n) is 2.11. The molecular formula is C13H27NO. The fraction of sp³-hybridized carbons (Fsp3) is 1.00. The molecule has 1 saturated heterocycles. The van der Waals surface area contributed by atoms with Gasteiger partial charge in [0, 0.05) is 12.6 Å². The lowest BCUT2D eigenvalue weighted by molar-refractivity contribution is 0.0983. The van der Waals surface area contributed by atoms with Gasteiger partial charge in [-0.3, -0.25) is 0 Å². The largest absolute Gasteiger partial charge is 0.378 e. The molecule has 1 aliphatic heterocycles. The van der Waals surface area contributed by atoms with Gasteiger partial charge in [0.05, 0.1) is 6.10 Å². The van der Waals surface area contributed by atoms with Crippen molar-refractivity contribution in [2.24, 2.45) is 5.92 Å². The maximum atomic E-state index is 5.63. The van der Waals surface area contributed by atoms with Crippen LogP contribution in [0.3, 0.4) is 0 Å². The molecule has 0 aromatic rings. The van der Waals surface area contributed by atoms with Crippen LogP contribution in [0.4, 0.5) is 0 Å². The van der Waals surface area contributed by atoms with Crippen LogP contribution in [0.5, 0.6) is 0 Å². The SMILES string of the molecule is CC(CCNC(C)C)CCC1CCCO1. The Kier molecular flexibility index (Phi) is 6.26. The molecule has 1 heterocycles. The van der Waals surface area contributed by atoms with Crippen LogP contribution in [-0.4, -0.2) is 25.3 Å². The molecule has 0 aromatic heterocycles. The van der Waals surface area contributed by atoms with Gasteiger partial charge < -0.3 is 10.1 Å². The Bertz CT molecular complexity index is 153. The Balaban J connectivity index is 1.95. The standard InChI is InChI=1S/C13H27NO/c1-11(2)14-9-8-12(3)6-7-13-5-4-10-15-13/h11-14H,4-10H2,1-3H3. The Labute approximate surface area is 94.8 Å². The normalized spacial score (nSPS) is 23.6. The molecule has 15 heavy (non-hydrogen) atoms. The minimum absolute atomic E-state index is 0.575. The smallest absolute Gasteiger partial charge is 0.0576 e. The summed E-state index contributed by atoms with van der Waals surface area (Å²) in [5, 5.41) is 3.47. The summed E-state index contributed by atoms with van der Waals surface area (Å²) in [6, 6.07) is 0.621. The van der Waals surface area contributed by atoms with Crippen LogP contribution in [0, 0.1) is 5.92 Å². The molecule has 0 spiro atoms. The van der Waals surface area contributed by atoms with E-state index in [0.717, 1.165) is 19.1 Å². The Hall–Kier alpha value is -0.0800. The Morgan fingerprint density at radius 1 is 1.27 bits per heavy atom. The van der Waals surface area contributed by atoms with Crippen molar-refractivity contribution >= 4 is 0 Å². The number of ether oxygens (including phenoxy) is 1. The van der Waals surface area contributed by atoms with E-state index in [0.29, 0.717) is 12.1 Å². The fourth-order valence-corrected chi connectivity index (χ4v) is 2.11. The van der Waals surface area contributed by atoms with Gasteiger partial charge in [0.25, 0.3) is 0 Å². The number of rotatable bonds is 7. The lowest BCUT2D eigenvalue weighted by Crippen LogP contribution is -2.25. The first-order valence-electron chi connectivity index (χ1n) is 6.53. The lowest BCUT2D eigenvalue weighted by Gasteiger charge is -2.15. The average molecular weight is 213 g/mol. The van der Waals surface area contributed by atoms with E-state index in [1.165, 1.54) is 32.1 Å². The minimum Gasteiger partial charge on any atom is -0.378 e. The average Bonchev–Trinajstić information content (AvgIpc) is 2.66. The van der Waals surface area contributed by atoms with Gasteiger partial charge in [-0.15, -0.1) is 0 Å². The van der Waals surface area contributed by atoms with Crippen molar-refractivity contribution in [3.8, 4) is 0 Å². The maximum absolute atomic E-state index is 5.63. The molecule has 2 heteroatoms. The summed E-state index contributed by atoms with van der Waals surface area (Å²) < 4.78 is 5.63. The van der Waals surface area contributed by atoms with Gasteiger partial charge in [-0.25, -0.2) is 0 Å². The van der Waals surface area contributed by atoms with Crippen molar-refractivity contribution in [1.29, 1.82) is 0 Å². The van der Waals surface area contributed by atoms with Crippen molar-refractivity contribution in [2.75, 3.05) is 13.2 Å². The topological polar surface area (TPSA) is 21.3 Å². The molecule has 1 N–H and O–H groups in total. The van der Waals surface area contributed by atoms with Gasteiger partial charge in [-0.05, 0) is 44.6 Å². The number of nitrogens with one attached hydrogen (secondary N) is 1. The van der Waals surface area contributed by atoms with Crippen LogP contribution in [0.15, 0.2) is 0 Å². The van der Waals surface area contributed by atoms with Crippen molar-refractivity contribution in [3.63, 3.8) is 0 Å². The molecule has 1 rings (SSSR count). The second-order valence-corrected chi connectivity index (χ2v) is 5.22. The second-order valence-electron chi connectivity index (χ2n) is 5.22. The van der Waals surface area contributed by atoms with E-state index in [4.69, 9.17) is 4.74 Å². The van der Waals surface area contributed by atoms with Crippen molar-refractivity contribution < 1.29 is 4.74 Å². The zero-order chi connectivity index (χ0) is 11.1. The molecule has 0 bridgehead atoms. The summed E-state index contributed by atoms with van der Waals surface area (Å²) in [5.41, 5.74) is 0. The number of hydrogen-bond acceptors (Lipinski definition) is 2. The molecule has 0 aliphatic carbocycles. The number of hydrogen-bond donors (Lipinski definition) is 1. The first kappa shape index (κ1) is 13.0. The first-order valence-corrected chi connectivity index (χ1v) is 6.53. The van der Waals surface area contributed by atoms with Gasteiger partial charge in [0.2, 0.25) is 0 Å². The van der Waals surface area contributed by atoms with Crippen LogP contribution >= 0.6 is 0 Å². The third kappa shape index (κ3) is 6.16.